The Hall–Kier alpha value is 0.130. The molecular weight excluding hydrogens is 198 g/mol. The fourth-order valence-corrected chi connectivity index (χ4v) is 0.505. The van der Waals surface area contributed by atoms with Crippen LogP contribution in [0.3, 0.4) is 0 Å². The van der Waals surface area contributed by atoms with E-state index in [-0.39, 0.29) is 6.61 Å². The Bertz CT molecular complexity index is 145. The third kappa shape index (κ3) is 39.3. The number of hydrogen-bond acceptors (Lipinski definition) is 3. The Balaban J connectivity index is 0. The average molecular weight is 207 g/mol. The maximum atomic E-state index is 9.70. The van der Waals surface area contributed by atoms with Gasteiger partial charge in [-0.25, -0.2) is 4.57 Å². The summed E-state index contributed by atoms with van der Waals surface area (Å²) in [6.45, 7) is 1.56. The average Bonchev–Trinajstić information content (AvgIpc) is 1.58. The van der Waals surface area contributed by atoms with E-state index in [2.05, 4.69) is 4.52 Å². The molecule has 11 heavy (non-hydrogen) atoms. The summed E-state index contributed by atoms with van der Waals surface area (Å²) in [5.41, 5.74) is 0. The topological polar surface area (TPSA) is 124 Å². The molecule has 68 valence electrons. The smallest absolute Gasteiger partial charge is 0.303 e. The van der Waals surface area contributed by atoms with Crippen molar-refractivity contribution in [2.24, 2.45) is 0 Å². The molecule has 4 N–H and O–H groups in total. The number of hydrogen-bond donors (Lipinski definition) is 4. The van der Waals surface area contributed by atoms with Crippen molar-refractivity contribution in [3.05, 3.63) is 0 Å². The minimum absolute atomic E-state index is 0.0459. The van der Waals surface area contributed by atoms with Crippen molar-refractivity contribution >= 4 is 16.1 Å². The summed E-state index contributed by atoms with van der Waals surface area (Å²) in [4.78, 5) is 30.1. The van der Waals surface area contributed by atoms with E-state index in [1.807, 2.05) is 0 Å². The lowest BCUT2D eigenvalue weighted by Crippen LogP contribution is -1.84. The fraction of sp³-hybridized carbons (Fsp3) is 1.00. The number of rotatable bonds is 2. The van der Waals surface area contributed by atoms with Gasteiger partial charge < -0.3 is 9.79 Å². The van der Waals surface area contributed by atoms with Crippen LogP contribution in [0.25, 0.3) is 0 Å². The van der Waals surface area contributed by atoms with Gasteiger partial charge in [0.05, 0.1) is 6.61 Å². The second-order valence-electron chi connectivity index (χ2n) is 1.16. The molecule has 0 aliphatic carbocycles. The lowest BCUT2D eigenvalue weighted by molar-refractivity contribution is 0.206. The van der Waals surface area contributed by atoms with Crippen molar-refractivity contribution in [2.45, 2.75) is 6.92 Å². The zero-order chi connectivity index (χ0) is 9.49. The van der Waals surface area contributed by atoms with Crippen LogP contribution in [-0.4, -0.2) is 26.2 Å². The van der Waals surface area contributed by atoms with Crippen LogP contribution in [0, 0.1) is 0 Å². The van der Waals surface area contributed by atoms with Gasteiger partial charge in [0.15, 0.2) is 0 Å². The Labute approximate surface area is 63.8 Å². The quantitative estimate of drug-likeness (QED) is 0.460. The summed E-state index contributed by atoms with van der Waals surface area (Å²) >= 11 is 0. The van der Waals surface area contributed by atoms with E-state index in [1.165, 1.54) is 6.92 Å². The Morgan fingerprint density at radius 1 is 1.45 bits per heavy atom. The van der Waals surface area contributed by atoms with Gasteiger partial charge in [0.1, 0.15) is 0 Å². The van der Waals surface area contributed by atoms with Crippen molar-refractivity contribution in [1.82, 2.24) is 0 Å². The molecule has 0 unspecified atom stereocenters. The van der Waals surface area contributed by atoms with Crippen LogP contribution in [-0.2, 0) is 13.7 Å². The molecular formula is C2H9O7P2+. The zero-order valence-corrected chi connectivity index (χ0v) is 7.40. The molecule has 0 spiro atoms. The van der Waals surface area contributed by atoms with Crippen LogP contribution in [0.1, 0.15) is 6.92 Å². The van der Waals surface area contributed by atoms with E-state index in [9.17, 15) is 4.57 Å². The first-order chi connectivity index (χ1) is 4.79. The Morgan fingerprint density at radius 3 is 1.73 bits per heavy atom. The highest BCUT2D eigenvalue weighted by molar-refractivity contribution is 7.46. The first-order valence-corrected chi connectivity index (χ1v) is 5.04. The van der Waals surface area contributed by atoms with Crippen LogP contribution in [0.5, 0.6) is 0 Å². The highest BCUT2D eigenvalue weighted by Gasteiger charge is 2.10. The molecule has 0 aliphatic rings. The van der Waals surface area contributed by atoms with Crippen molar-refractivity contribution in [3.8, 4) is 0 Å². The van der Waals surface area contributed by atoms with Crippen molar-refractivity contribution in [2.75, 3.05) is 6.61 Å². The van der Waals surface area contributed by atoms with Gasteiger partial charge >= 0.3 is 16.1 Å². The van der Waals surface area contributed by atoms with Crippen molar-refractivity contribution in [1.29, 1.82) is 0 Å². The Morgan fingerprint density at radius 2 is 1.73 bits per heavy atom. The molecule has 0 aromatic rings. The van der Waals surface area contributed by atoms with Gasteiger partial charge in [0.25, 0.3) is 0 Å². The van der Waals surface area contributed by atoms with Gasteiger partial charge in [-0.05, 0) is 6.92 Å². The highest BCUT2D eigenvalue weighted by Crippen LogP contribution is 2.34. The fourth-order valence-electron chi connectivity index (χ4n) is 0.168. The normalized spacial score (nSPS) is 9.91. The molecule has 0 amide bonds. The van der Waals surface area contributed by atoms with Gasteiger partial charge in [-0.3, -0.25) is 4.52 Å². The van der Waals surface area contributed by atoms with Crippen LogP contribution in [0.15, 0.2) is 0 Å². The summed E-state index contributed by atoms with van der Waals surface area (Å²) < 4.78 is 22.3. The Kier molecular flexibility index (Phi) is 8.49. The van der Waals surface area contributed by atoms with Gasteiger partial charge in [-0.2, -0.15) is 0 Å². The lowest BCUT2D eigenvalue weighted by Gasteiger charge is -1.98. The van der Waals surface area contributed by atoms with Gasteiger partial charge in [0.2, 0.25) is 0 Å². The molecule has 0 fully saturated rings. The third-order valence-electron chi connectivity index (χ3n) is 0.297. The summed E-state index contributed by atoms with van der Waals surface area (Å²) in [5, 5.41) is 0. The van der Waals surface area contributed by atoms with E-state index in [4.69, 9.17) is 24.1 Å². The molecule has 0 saturated heterocycles. The molecule has 0 bridgehead atoms. The molecule has 0 aromatic carbocycles. The van der Waals surface area contributed by atoms with Gasteiger partial charge in [0, 0.05) is 4.57 Å². The van der Waals surface area contributed by atoms with E-state index < -0.39 is 16.1 Å². The second kappa shape index (κ2) is 6.82. The van der Waals surface area contributed by atoms with Crippen LogP contribution in [0.2, 0.25) is 0 Å². The summed E-state index contributed by atoms with van der Waals surface area (Å²) in [7, 11) is -7.04. The molecule has 7 nitrogen and oxygen atoms in total. The summed E-state index contributed by atoms with van der Waals surface area (Å²) in [6.07, 6.45) is 0. The molecule has 0 heterocycles. The van der Waals surface area contributed by atoms with Crippen molar-refractivity contribution < 1.29 is 33.2 Å². The molecule has 0 aliphatic heterocycles. The van der Waals surface area contributed by atoms with E-state index in [0.29, 0.717) is 0 Å². The molecule has 0 saturated carbocycles. The van der Waals surface area contributed by atoms with Crippen molar-refractivity contribution in [3.63, 3.8) is 0 Å². The maximum absolute atomic E-state index is 9.70. The minimum atomic E-state index is -4.17. The van der Waals surface area contributed by atoms with E-state index >= 15 is 0 Å². The standard InChI is InChI=1S/C2H7O4P.HO3P/c1-2-6-7(3,4)5;1-4(2)3/h2H2,1H3,(H2,3,4,5);(H-,1,2,3)/p+1. The minimum Gasteiger partial charge on any atom is -0.303 e. The molecule has 0 radical (unpaired) electrons. The first-order valence-electron chi connectivity index (χ1n) is 2.34. The first kappa shape index (κ1) is 13.7. The zero-order valence-electron chi connectivity index (χ0n) is 5.62. The molecule has 0 aromatic heterocycles. The van der Waals surface area contributed by atoms with Crippen LogP contribution < -0.4 is 0 Å². The molecule has 9 heteroatoms. The SMILES string of the molecule is CCOP(=O)(O)O.O=[P+](O)O. The van der Waals surface area contributed by atoms with Gasteiger partial charge in [-0.1, -0.05) is 0 Å². The second-order valence-corrected chi connectivity index (χ2v) is 2.91. The monoisotopic (exact) mass is 207 g/mol. The van der Waals surface area contributed by atoms with E-state index in [0.717, 1.165) is 0 Å². The van der Waals surface area contributed by atoms with Crippen LogP contribution >= 0.6 is 16.1 Å². The predicted molar refractivity (Wildman–Crippen MR) is 35.7 cm³/mol. The number of phosphoric acid groups is 1. The lowest BCUT2D eigenvalue weighted by atomic mass is 10.9. The highest BCUT2D eigenvalue weighted by atomic mass is 31.2. The predicted octanol–water partition coefficient (Wildman–Crippen LogP) is -0.256. The third-order valence-corrected chi connectivity index (χ3v) is 0.892. The molecule has 0 rings (SSSR count). The van der Waals surface area contributed by atoms with Crippen LogP contribution in [0.4, 0.5) is 0 Å². The number of phosphoric ester groups is 1. The largest absolute Gasteiger partial charge is 0.692 e. The summed E-state index contributed by atoms with van der Waals surface area (Å²) in [6, 6.07) is 0. The van der Waals surface area contributed by atoms with E-state index in [1.54, 1.807) is 0 Å². The van der Waals surface area contributed by atoms with Gasteiger partial charge in [-0.15, -0.1) is 9.79 Å². The summed E-state index contributed by atoms with van der Waals surface area (Å²) in [5.74, 6) is 0. The maximum Gasteiger partial charge on any atom is 0.692 e. The molecule has 0 atom stereocenters.